The number of benzene rings is 2. The van der Waals surface area contributed by atoms with Crippen LogP contribution in [-0.2, 0) is 22.4 Å². The first-order valence-corrected chi connectivity index (χ1v) is 9.32. The van der Waals surface area contributed by atoms with Crippen LogP contribution in [0.3, 0.4) is 0 Å². The van der Waals surface area contributed by atoms with Gasteiger partial charge in [0, 0.05) is 5.92 Å². The number of cyclic esters (lactones) is 1. The zero-order chi connectivity index (χ0) is 21.0. The van der Waals surface area contributed by atoms with Crippen LogP contribution in [0, 0.1) is 11.8 Å². The molecule has 0 saturated carbocycles. The average Bonchev–Trinajstić information content (AvgIpc) is 3.08. The molecule has 0 amide bonds. The summed E-state index contributed by atoms with van der Waals surface area (Å²) in [5.74, 6) is 1.36. The highest BCUT2D eigenvalue weighted by atomic mass is 16.5. The van der Waals surface area contributed by atoms with Crippen molar-refractivity contribution in [1.82, 2.24) is 0 Å². The van der Waals surface area contributed by atoms with Crippen molar-refractivity contribution in [1.29, 1.82) is 0 Å². The van der Waals surface area contributed by atoms with Gasteiger partial charge in [0.25, 0.3) is 0 Å². The normalized spacial score (nSPS) is 18.3. The lowest BCUT2D eigenvalue weighted by Crippen LogP contribution is -2.20. The quantitative estimate of drug-likeness (QED) is 0.680. The maximum atomic E-state index is 12.4. The maximum absolute atomic E-state index is 12.4. The minimum absolute atomic E-state index is 0.0198. The molecule has 29 heavy (non-hydrogen) atoms. The fourth-order valence-electron chi connectivity index (χ4n) is 3.69. The van der Waals surface area contributed by atoms with E-state index >= 15 is 0 Å². The first-order valence-electron chi connectivity index (χ1n) is 9.32. The number of phenolic OH excluding ortho intramolecular Hbond substituents is 1. The van der Waals surface area contributed by atoms with Crippen molar-refractivity contribution in [3.63, 3.8) is 0 Å². The van der Waals surface area contributed by atoms with Crippen LogP contribution < -0.4 is 18.9 Å². The Balaban J connectivity index is 1.81. The van der Waals surface area contributed by atoms with E-state index < -0.39 is 0 Å². The maximum Gasteiger partial charge on any atom is 0.309 e. The molecular formula is C22H26O7. The third-order valence-electron chi connectivity index (χ3n) is 5.25. The molecule has 2 aromatic carbocycles. The predicted molar refractivity (Wildman–Crippen MR) is 106 cm³/mol. The molecule has 3 rings (SSSR count). The van der Waals surface area contributed by atoms with Crippen LogP contribution in [0.25, 0.3) is 0 Å². The first-order chi connectivity index (χ1) is 14.0. The van der Waals surface area contributed by atoms with E-state index in [2.05, 4.69) is 0 Å². The summed E-state index contributed by atoms with van der Waals surface area (Å²) >= 11 is 0. The molecule has 1 aliphatic rings. The zero-order valence-electron chi connectivity index (χ0n) is 17.1. The van der Waals surface area contributed by atoms with Crippen LogP contribution >= 0.6 is 0 Å². The first kappa shape index (κ1) is 20.6. The summed E-state index contributed by atoms with van der Waals surface area (Å²) in [6.07, 6.45) is 1.13. The summed E-state index contributed by atoms with van der Waals surface area (Å²) < 4.78 is 26.4. The minimum atomic E-state index is -0.304. The number of aromatic hydroxyl groups is 1. The molecule has 7 nitrogen and oxygen atoms in total. The fourth-order valence-corrected chi connectivity index (χ4v) is 3.69. The van der Waals surface area contributed by atoms with E-state index in [0.29, 0.717) is 42.4 Å². The lowest BCUT2D eigenvalue weighted by atomic mass is 9.85. The van der Waals surface area contributed by atoms with Gasteiger partial charge in [0.05, 0.1) is 41.0 Å². The molecular weight excluding hydrogens is 376 g/mol. The van der Waals surface area contributed by atoms with Gasteiger partial charge in [0.2, 0.25) is 5.75 Å². The van der Waals surface area contributed by atoms with Crippen molar-refractivity contribution in [3.05, 3.63) is 41.5 Å². The summed E-state index contributed by atoms with van der Waals surface area (Å²) in [4.78, 5) is 12.4. The van der Waals surface area contributed by atoms with Gasteiger partial charge in [0.1, 0.15) is 0 Å². The van der Waals surface area contributed by atoms with E-state index in [1.54, 1.807) is 26.4 Å². The fraction of sp³-hybridized carbons (Fsp3) is 0.409. The van der Waals surface area contributed by atoms with Gasteiger partial charge >= 0.3 is 5.97 Å². The Hall–Kier alpha value is -3.09. The van der Waals surface area contributed by atoms with Gasteiger partial charge in [-0.05, 0) is 48.2 Å². The number of hydrogen-bond donors (Lipinski definition) is 1. The van der Waals surface area contributed by atoms with Crippen LogP contribution in [0.4, 0.5) is 0 Å². The smallest absolute Gasteiger partial charge is 0.309 e. The number of carbonyl (C=O) groups excluding carboxylic acids is 1. The van der Waals surface area contributed by atoms with Gasteiger partial charge in [-0.25, -0.2) is 0 Å². The van der Waals surface area contributed by atoms with E-state index in [1.807, 2.05) is 18.2 Å². The van der Waals surface area contributed by atoms with Crippen LogP contribution in [0.15, 0.2) is 30.3 Å². The van der Waals surface area contributed by atoms with E-state index in [9.17, 15) is 9.90 Å². The molecule has 1 N–H and O–H groups in total. The Morgan fingerprint density at radius 1 is 0.862 bits per heavy atom. The second kappa shape index (κ2) is 8.94. The van der Waals surface area contributed by atoms with Crippen molar-refractivity contribution in [2.24, 2.45) is 11.8 Å². The Morgan fingerprint density at radius 2 is 1.45 bits per heavy atom. The average molecular weight is 402 g/mol. The molecule has 0 spiro atoms. The molecule has 1 saturated heterocycles. The lowest BCUT2D eigenvalue weighted by molar-refractivity contribution is -0.141. The van der Waals surface area contributed by atoms with Gasteiger partial charge in [-0.1, -0.05) is 6.07 Å². The van der Waals surface area contributed by atoms with Crippen LogP contribution in [0.5, 0.6) is 28.7 Å². The summed E-state index contributed by atoms with van der Waals surface area (Å²) in [7, 11) is 6.14. The van der Waals surface area contributed by atoms with Gasteiger partial charge in [-0.2, -0.15) is 0 Å². The van der Waals surface area contributed by atoms with Crippen LogP contribution in [0.2, 0.25) is 0 Å². The van der Waals surface area contributed by atoms with E-state index in [1.165, 1.54) is 14.2 Å². The molecule has 1 heterocycles. The number of methoxy groups -OCH3 is 4. The summed E-state index contributed by atoms with van der Waals surface area (Å²) in [6.45, 7) is 0.365. The molecule has 1 aliphatic heterocycles. The zero-order valence-corrected chi connectivity index (χ0v) is 17.1. The highest BCUT2D eigenvalue weighted by Gasteiger charge is 2.37. The second-order valence-electron chi connectivity index (χ2n) is 6.94. The van der Waals surface area contributed by atoms with E-state index in [4.69, 9.17) is 23.7 Å². The molecule has 0 aromatic heterocycles. The molecule has 0 aliphatic carbocycles. The van der Waals surface area contributed by atoms with Crippen LogP contribution in [-0.4, -0.2) is 46.1 Å². The summed E-state index contributed by atoms with van der Waals surface area (Å²) in [6, 6.07) is 9.18. The Bertz CT molecular complexity index is 852. The monoisotopic (exact) mass is 402 g/mol. The third kappa shape index (κ3) is 4.34. The minimum Gasteiger partial charge on any atom is -0.502 e. The number of carbonyl (C=O) groups is 1. The van der Waals surface area contributed by atoms with E-state index in [-0.39, 0.29) is 23.6 Å². The molecule has 2 atom stereocenters. The predicted octanol–water partition coefficient (Wildman–Crippen LogP) is 3.00. The number of rotatable bonds is 8. The number of ether oxygens (including phenoxy) is 5. The highest BCUT2D eigenvalue weighted by molar-refractivity contribution is 5.75. The Morgan fingerprint density at radius 3 is 2.03 bits per heavy atom. The second-order valence-corrected chi connectivity index (χ2v) is 6.94. The summed E-state index contributed by atoms with van der Waals surface area (Å²) in [5.41, 5.74) is 1.87. The number of esters is 1. The molecule has 0 unspecified atom stereocenters. The number of hydrogen-bond acceptors (Lipinski definition) is 7. The number of phenols is 1. The molecule has 0 radical (unpaired) electrons. The Labute approximate surface area is 170 Å². The Kier molecular flexibility index (Phi) is 6.36. The van der Waals surface area contributed by atoms with Gasteiger partial charge in [-0.3, -0.25) is 4.79 Å². The summed E-state index contributed by atoms with van der Waals surface area (Å²) in [5, 5.41) is 10.1. The highest BCUT2D eigenvalue weighted by Crippen LogP contribution is 2.39. The molecule has 156 valence electrons. The van der Waals surface area contributed by atoms with Gasteiger partial charge in [0.15, 0.2) is 23.0 Å². The van der Waals surface area contributed by atoms with Crippen molar-refractivity contribution >= 4 is 5.97 Å². The molecule has 7 heteroatoms. The third-order valence-corrected chi connectivity index (χ3v) is 5.25. The molecule has 2 aromatic rings. The van der Waals surface area contributed by atoms with Gasteiger partial charge < -0.3 is 28.8 Å². The van der Waals surface area contributed by atoms with Crippen molar-refractivity contribution < 1.29 is 33.6 Å². The topological polar surface area (TPSA) is 83.5 Å². The van der Waals surface area contributed by atoms with Crippen molar-refractivity contribution in [3.8, 4) is 28.7 Å². The SMILES string of the molecule is COc1ccc(C[C@@H]2COC(=O)[C@@H]2Cc2cc(OC)c(O)c(OC)c2)cc1OC. The molecule has 0 bridgehead atoms. The van der Waals surface area contributed by atoms with Crippen molar-refractivity contribution in [2.75, 3.05) is 35.0 Å². The van der Waals surface area contributed by atoms with Crippen LogP contribution in [0.1, 0.15) is 11.1 Å². The van der Waals surface area contributed by atoms with Gasteiger partial charge in [-0.15, -0.1) is 0 Å². The molecule has 1 fully saturated rings. The lowest BCUT2D eigenvalue weighted by Gasteiger charge is -2.18. The van der Waals surface area contributed by atoms with Crippen molar-refractivity contribution in [2.45, 2.75) is 12.8 Å². The largest absolute Gasteiger partial charge is 0.502 e. The standard InChI is InChI=1S/C22H26O7/c1-25-17-6-5-13(9-18(17)26-2)7-15-12-29-22(24)16(15)8-14-10-19(27-3)21(23)20(11-14)28-4/h5-6,9-11,15-16,23H,7-8,12H2,1-4H3/t15-,16-/m1/s1. The van der Waals surface area contributed by atoms with E-state index in [0.717, 1.165) is 11.1 Å².